The van der Waals surface area contributed by atoms with Crippen molar-refractivity contribution in [2.24, 2.45) is 0 Å². The summed E-state index contributed by atoms with van der Waals surface area (Å²) >= 11 is 0. The predicted molar refractivity (Wildman–Crippen MR) is 49.6 cm³/mol. The van der Waals surface area contributed by atoms with E-state index in [0.29, 0.717) is 0 Å². The third kappa shape index (κ3) is 6.11. The normalized spacial score (nSPS) is 13.0. The zero-order valence-electron chi connectivity index (χ0n) is 7.77. The monoisotopic (exact) mass is 156 g/mol. The van der Waals surface area contributed by atoms with Gasteiger partial charge in [0, 0.05) is 0 Å². The van der Waals surface area contributed by atoms with Gasteiger partial charge in [-0.1, -0.05) is 32.8 Å². The van der Waals surface area contributed by atoms with Gasteiger partial charge in [-0.25, -0.2) is 0 Å². The summed E-state index contributed by atoms with van der Waals surface area (Å²) in [5.41, 5.74) is 0.973. The number of hydrogen-bond donors (Lipinski definition) is 1. The lowest BCUT2D eigenvalue weighted by Crippen LogP contribution is -2.02. The summed E-state index contributed by atoms with van der Waals surface area (Å²) in [7, 11) is 0. The molecule has 1 N–H and O–H groups in total. The quantitative estimate of drug-likeness (QED) is 0.463. The summed E-state index contributed by atoms with van der Waals surface area (Å²) in [6.07, 6.45) is 5.67. The summed E-state index contributed by atoms with van der Waals surface area (Å²) < 4.78 is 0. The minimum atomic E-state index is -0.323. The van der Waals surface area contributed by atoms with Crippen LogP contribution in [0, 0.1) is 0 Å². The van der Waals surface area contributed by atoms with E-state index < -0.39 is 0 Å². The van der Waals surface area contributed by atoms with Gasteiger partial charge in [-0.05, 0) is 25.3 Å². The Morgan fingerprint density at radius 3 is 2.45 bits per heavy atom. The molecule has 1 atom stereocenters. The predicted octanol–water partition coefficient (Wildman–Crippen LogP) is 2.89. The lowest BCUT2D eigenvalue weighted by Gasteiger charge is -2.07. The number of aliphatic hydroxyl groups excluding tert-OH is 1. The number of unbranched alkanes of at least 4 members (excludes halogenated alkanes) is 3. The van der Waals surface area contributed by atoms with Crippen LogP contribution in [0.15, 0.2) is 12.2 Å². The molecule has 0 aliphatic rings. The highest BCUT2D eigenvalue weighted by Gasteiger charge is 2.00. The number of aliphatic hydroxyl groups is 1. The molecule has 0 spiro atoms. The van der Waals surface area contributed by atoms with Crippen molar-refractivity contribution < 1.29 is 5.11 Å². The van der Waals surface area contributed by atoms with E-state index in [0.717, 1.165) is 12.0 Å². The molecule has 0 aromatic heterocycles. The van der Waals surface area contributed by atoms with Crippen LogP contribution in [0.3, 0.4) is 0 Å². The van der Waals surface area contributed by atoms with Gasteiger partial charge in [-0.3, -0.25) is 0 Å². The van der Waals surface area contributed by atoms with Gasteiger partial charge in [0.2, 0.25) is 0 Å². The van der Waals surface area contributed by atoms with Crippen molar-refractivity contribution in [1.82, 2.24) is 0 Å². The number of hydrogen-bond acceptors (Lipinski definition) is 1. The van der Waals surface area contributed by atoms with Crippen LogP contribution in [-0.2, 0) is 0 Å². The van der Waals surface area contributed by atoms with E-state index in [1.54, 1.807) is 6.92 Å². The van der Waals surface area contributed by atoms with Crippen molar-refractivity contribution >= 4 is 0 Å². The summed E-state index contributed by atoms with van der Waals surface area (Å²) in [5, 5.41) is 9.08. The Kier molecular flexibility index (Phi) is 6.24. The van der Waals surface area contributed by atoms with Crippen LogP contribution < -0.4 is 0 Å². The van der Waals surface area contributed by atoms with Crippen LogP contribution in [0.5, 0.6) is 0 Å². The van der Waals surface area contributed by atoms with Crippen molar-refractivity contribution in [3.05, 3.63) is 12.2 Å². The molecule has 0 radical (unpaired) electrons. The summed E-state index contributed by atoms with van der Waals surface area (Å²) in [6, 6.07) is 0. The van der Waals surface area contributed by atoms with Crippen molar-refractivity contribution in [3.8, 4) is 0 Å². The fraction of sp³-hybridized carbons (Fsp3) is 0.800. The minimum absolute atomic E-state index is 0.323. The van der Waals surface area contributed by atoms with Gasteiger partial charge < -0.3 is 5.11 Å². The maximum absolute atomic E-state index is 9.08. The van der Waals surface area contributed by atoms with Gasteiger partial charge in [0.25, 0.3) is 0 Å². The Morgan fingerprint density at radius 1 is 1.36 bits per heavy atom. The molecule has 11 heavy (non-hydrogen) atoms. The molecule has 0 saturated carbocycles. The molecule has 0 bridgehead atoms. The molecule has 0 rings (SSSR count). The molecule has 1 nitrogen and oxygen atoms in total. The van der Waals surface area contributed by atoms with E-state index >= 15 is 0 Å². The molecule has 1 heteroatoms. The average molecular weight is 156 g/mol. The smallest absolute Gasteiger partial charge is 0.0719 e. The summed E-state index contributed by atoms with van der Waals surface area (Å²) in [5.74, 6) is 0. The molecule has 0 amide bonds. The van der Waals surface area contributed by atoms with Gasteiger partial charge >= 0.3 is 0 Å². The summed E-state index contributed by atoms with van der Waals surface area (Å²) in [4.78, 5) is 0. The van der Waals surface area contributed by atoms with Gasteiger partial charge in [0.05, 0.1) is 6.10 Å². The molecule has 0 fully saturated rings. The van der Waals surface area contributed by atoms with E-state index in [-0.39, 0.29) is 6.10 Å². The second-order valence-electron chi connectivity index (χ2n) is 3.14. The lowest BCUT2D eigenvalue weighted by atomic mass is 10.0. The first kappa shape index (κ1) is 10.7. The van der Waals surface area contributed by atoms with Crippen LogP contribution in [0.2, 0.25) is 0 Å². The molecule has 0 heterocycles. The zero-order valence-corrected chi connectivity index (χ0v) is 7.77. The van der Waals surface area contributed by atoms with Gasteiger partial charge in [-0.2, -0.15) is 0 Å². The number of rotatable bonds is 6. The molecule has 0 aliphatic carbocycles. The fourth-order valence-electron chi connectivity index (χ4n) is 0.988. The van der Waals surface area contributed by atoms with Crippen LogP contribution in [0.25, 0.3) is 0 Å². The molecule has 0 saturated heterocycles. The maximum atomic E-state index is 9.08. The van der Waals surface area contributed by atoms with Crippen molar-refractivity contribution in [3.63, 3.8) is 0 Å². The van der Waals surface area contributed by atoms with Crippen LogP contribution in [0.4, 0.5) is 0 Å². The highest BCUT2D eigenvalue weighted by molar-refractivity contribution is 4.99. The van der Waals surface area contributed by atoms with Gasteiger partial charge in [0.15, 0.2) is 0 Å². The standard InChI is InChI=1S/C10H20O/c1-4-5-6-7-8-9(2)10(3)11/h10-11H,2,4-8H2,1,3H3. The molecule has 1 unspecified atom stereocenters. The van der Waals surface area contributed by atoms with E-state index in [2.05, 4.69) is 13.5 Å². The van der Waals surface area contributed by atoms with E-state index in [9.17, 15) is 0 Å². The van der Waals surface area contributed by atoms with Crippen LogP contribution >= 0.6 is 0 Å². The average Bonchev–Trinajstić information content (AvgIpc) is 1.97. The van der Waals surface area contributed by atoms with Gasteiger partial charge in [0.1, 0.15) is 0 Å². The second kappa shape index (κ2) is 6.41. The Bertz CT molecular complexity index is 105. The molecule has 0 aliphatic heterocycles. The Balaban J connectivity index is 3.18. The molecule has 0 aromatic rings. The van der Waals surface area contributed by atoms with Crippen molar-refractivity contribution in [1.29, 1.82) is 0 Å². The van der Waals surface area contributed by atoms with E-state index in [4.69, 9.17) is 5.11 Å². The topological polar surface area (TPSA) is 20.2 Å². The summed E-state index contributed by atoms with van der Waals surface area (Å²) in [6.45, 7) is 7.78. The molecular weight excluding hydrogens is 136 g/mol. The van der Waals surface area contributed by atoms with E-state index in [1.165, 1.54) is 25.7 Å². The Hall–Kier alpha value is -0.300. The fourth-order valence-corrected chi connectivity index (χ4v) is 0.988. The van der Waals surface area contributed by atoms with Crippen LogP contribution in [-0.4, -0.2) is 11.2 Å². The first-order valence-electron chi connectivity index (χ1n) is 4.54. The molecule has 0 aromatic carbocycles. The molecular formula is C10H20O. The first-order valence-corrected chi connectivity index (χ1v) is 4.54. The largest absolute Gasteiger partial charge is 0.389 e. The Morgan fingerprint density at radius 2 is 2.00 bits per heavy atom. The second-order valence-corrected chi connectivity index (χ2v) is 3.14. The van der Waals surface area contributed by atoms with Crippen molar-refractivity contribution in [2.45, 2.75) is 52.1 Å². The Labute approximate surface area is 70.1 Å². The third-order valence-corrected chi connectivity index (χ3v) is 1.94. The van der Waals surface area contributed by atoms with Crippen LogP contribution in [0.1, 0.15) is 46.0 Å². The van der Waals surface area contributed by atoms with Crippen molar-refractivity contribution in [2.75, 3.05) is 0 Å². The van der Waals surface area contributed by atoms with Gasteiger partial charge in [-0.15, -0.1) is 0 Å². The highest BCUT2D eigenvalue weighted by atomic mass is 16.3. The highest BCUT2D eigenvalue weighted by Crippen LogP contribution is 2.11. The first-order chi connectivity index (χ1) is 5.18. The lowest BCUT2D eigenvalue weighted by molar-refractivity contribution is 0.227. The zero-order chi connectivity index (χ0) is 8.69. The molecule has 66 valence electrons. The van der Waals surface area contributed by atoms with E-state index in [1.807, 2.05) is 0 Å². The minimum Gasteiger partial charge on any atom is -0.389 e. The maximum Gasteiger partial charge on any atom is 0.0719 e. The third-order valence-electron chi connectivity index (χ3n) is 1.94. The SMILES string of the molecule is C=C(CCCCCC)C(C)O.